The molecule has 2 aliphatic rings. The van der Waals surface area contributed by atoms with Gasteiger partial charge in [-0.1, -0.05) is 82.9 Å². The highest BCUT2D eigenvalue weighted by molar-refractivity contribution is 5.98. The van der Waals surface area contributed by atoms with Crippen LogP contribution < -0.4 is 10.1 Å². The van der Waals surface area contributed by atoms with Crippen molar-refractivity contribution in [3.8, 4) is 5.75 Å². The summed E-state index contributed by atoms with van der Waals surface area (Å²) in [6, 6.07) is 16.6. The van der Waals surface area contributed by atoms with Crippen LogP contribution in [0, 0.1) is 17.3 Å². The van der Waals surface area contributed by atoms with E-state index in [0.29, 0.717) is 17.0 Å². The zero-order valence-corrected chi connectivity index (χ0v) is 23.6. The molecule has 0 aliphatic heterocycles. The number of amides is 1. The molecule has 0 unspecified atom stereocenters. The van der Waals surface area contributed by atoms with E-state index in [-0.39, 0.29) is 12.0 Å². The van der Waals surface area contributed by atoms with Gasteiger partial charge in [-0.05, 0) is 78.5 Å². The number of benzene rings is 2. The van der Waals surface area contributed by atoms with Gasteiger partial charge in [-0.2, -0.15) is 0 Å². The van der Waals surface area contributed by atoms with Gasteiger partial charge in [0.25, 0.3) is 5.91 Å². The van der Waals surface area contributed by atoms with E-state index in [1.54, 1.807) is 0 Å². The Balaban J connectivity index is 1.38. The minimum Gasteiger partial charge on any atom is -0.490 e. The molecule has 206 valence electrons. The molecular weight excluding hydrogens is 484 g/mol. The lowest BCUT2D eigenvalue weighted by Crippen LogP contribution is -2.30. The van der Waals surface area contributed by atoms with Gasteiger partial charge < -0.3 is 14.8 Å². The number of carbonyl (C=O) groups excluding carboxylic acids is 2. The van der Waals surface area contributed by atoms with Gasteiger partial charge >= 0.3 is 0 Å². The van der Waals surface area contributed by atoms with E-state index >= 15 is 0 Å². The van der Waals surface area contributed by atoms with E-state index in [0.717, 1.165) is 59.2 Å². The Morgan fingerprint density at radius 3 is 2.38 bits per heavy atom. The standard InChI is InChI=1S/C34H42N2O3/c1-34(2,3)26-14-17-27(18-15-26)39-28-16-13-25-20-31(33(38)36-32(22-37)24-11-5-4-6-12-24)35-30(29(25)21-28)19-23-9-7-8-10-23/h4-6,11-13,16,20-23,26-27,32H,7-10,14-15,17-19H2,1-3H3,(H,36,38)/t26-,27-,32-/m0/s1. The highest BCUT2D eigenvalue weighted by Crippen LogP contribution is 2.39. The SMILES string of the molecule is CC(C)(C)[C@H]1CC[C@H](Oc2ccc3cc(C(=O)N[C@@H](C=O)c4ccccc4)nc(CC4CCCC4)c3c2)CC1. The molecule has 5 heteroatoms. The van der Waals surface area contributed by atoms with Crippen LogP contribution in [0.2, 0.25) is 0 Å². The van der Waals surface area contributed by atoms with Gasteiger partial charge in [0.2, 0.25) is 0 Å². The molecule has 5 nitrogen and oxygen atoms in total. The summed E-state index contributed by atoms with van der Waals surface area (Å²) in [6.07, 6.45) is 11.4. The Morgan fingerprint density at radius 1 is 1.00 bits per heavy atom. The van der Waals surface area contributed by atoms with E-state index < -0.39 is 6.04 Å². The number of hydrogen-bond donors (Lipinski definition) is 1. The second-order valence-corrected chi connectivity index (χ2v) is 12.6. The molecular formula is C34H42N2O3. The van der Waals surface area contributed by atoms with Crippen LogP contribution in [0.4, 0.5) is 0 Å². The smallest absolute Gasteiger partial charge is 0.270 e. The zero-order valence-electron chi connectivity index (χ0n) is 23.6. The number of ether oxygens (including phenoxy) is 1. The van der Waals surface area contributed by atoms with Crippen molar-refractivity contribution in [1.82, 2.24) is 10.3 Å². The molecule has 3 aromatic rings. The maximum Gasteiger partial charge on any atom is 0.270 e. The van der Waals surface area contributed by atoms with Gasteiger partial charge in [0, 0.05) is 11.1 Å². The van der Waals surface area contributed by atoms with Crippen LogP contribution in [0.25, 0.3) is 10.8 Å². The van der Waals surface area contributed by atoms with Crippen LogP contribution >= 0.6 is 0 Å². The van der Waals surface area contributed by atoms with E-state index in [1.165, 1.54) is 38.5 Å². The topological polar surface area (TPSA) is 68.3 Å². The lowest BCUT2D eigenvalue weighted by atomic mass is 9.72. The summed E-state index contributed by atoms with van der Waals surface area (Å²) < 4.78 is 6.50. The third-order valence-electron chi connectivity index (χ3n) is 8.86. The van der Waals surface area contributed by atoms with Crippen molar-refractivity contribution >= 4 is 23.0 Å². The number of nitrogens with zero attached hydrogens (tertiary/aromatic N) is 1. The lowest BCUT2D eigenvalue weighted by molar-refractivity contribution is -0.109. The monoisotopic (exact) mass is 526 g/mol. The molecule has 1 amide bonds. The number of rotatable bonds is 8. The van der Waals surface area contributed by atoms with Crippen molar-refractivity contribution in [3.63, 3.8) is 0 Å². The second kappa shape index (κ2) is 11.9. The normalized spacial score (nSPS) is 21.0. The fraction of sp³-hybridized carbons (Fsp3) is 0.500. The molecule has 1 N–H and O–H groups in total. The molecule has 1 atom stereocenters. The Hall–Kier alpha value is -3.21. The van der Waals surface area contributed by atoms with Crippen molar-refractivity contribution in [1.29, 1.82) is 0 Å². The molecule has 5 rings (SSSR count). The molecule has 2 aliphatic carbocycles. The van der Waals surface area contributed by atoms with Crippen LogP contribution in [0.5, 0.6) is 5.75 Å². The van der Waals surface area contributed by atoms with Gasteiger partial charge in [0.1, 0.15) is 23.8 Å². The third kappa shape index (κ3) is 6.69. The van der Waals surface area contributed by atoms with Gasteiger partial charge in [-0.25, -0.2) is 4.98 Å². The van der Waals surface area contributed by atoms with Crippen molar-refractivity contribution in [2.24, 2.45) is 17.3 Å². The first kappa shape index (κ1) is 27.4. The number of pyridine rings is 1. The van der Waals surface area contributed by atoms with E-state index in [9.17, 15) is 9.59 Å². The van der Waals surface area contributed by atoms with Crippen molar-refractivity contribution in [2.45, 2.75) is 90.7 Å². The molecule has 39 heavy (non-hydrogen) atoms. The van der Waals surface area contributed by atoms with Crippen LogP contribution in [0.3, 0.4) is 0 Å². The average Bonchev–Trinajstić information content (AvgIpc) is 3.45. The second-order valence-electron chi connectivity index (χ2n) is 12.6. The summed E-state index contributed by atoms with van der Waals surface area (Å²) in [5.41, 5.74) is 2.42. The summed E-state index contributed by atoms with van der Waals surface area (Å²) in [6.45, 7) is 7.03. The first-order valence-electron chi connectivity index (χ1n) is 14.7. The lowest BCUT2D eigenvalue weighted by Gasteiger charge is -2.37. The Kier molecular flexibility index (Phi) is 8.34. The van der Waals surface area contributed by atoms with E-state index in [4.69, 9.17) is 9.72 Å². The number of nitrogens with one attached hydrogen (secondary N) is 1. The number of fused-ring (bicyclic) bond motifs is 1. The maximum absolute atomic E-state index is 13.3. The number of hydrogen-bond acceptors (Lipinski definition) is 4. The van der Waals surface area contributed by atoms with Crippen LogP contribution in [0.1, 0.15) is 99.9 Å². The molecule has 0 saturated heterocycles. The van der Waals surface area contributed by atoms with Crippen LogP contribution in [-0.2, 0) is 11.2 Å². The summed E-state index contributed by atoms with van der Waals surface area (Å²) >= 11 is 0. The van der Waals surface area contributed by atoms with E-state index in [2.05, 4.69) is 38.2 Å². The van der Waals surface area contributed by atoms with E-state index in [1.807, 2.05) is 42.5 Å². The fourth-order valence-electron chi connectivity index (χ4n) is 6.44. The quantitative estimate of drug-likeness (QED) is 0.307. The van der Waals surface area contributed by atoms with Gasteiger partial charge in [-0.3, -0.25) is 4.79 Å². The van der Waals surface area contributed by atoms with Crippen molar-refractivity contribution < 1.29 is 14.3 Å². The van der Waals surface area contributed by atoms with Crippen molar-refractivity contribution in [2.75, 3.05) is 0 Å². The molecule has 1 aromatic heterocycles. The van der Waals surface area contributed by atoms with Gasteiger partial charge in [0.05, 0.1) is 6.10 Å². The largest absolute Gasteiger partial charge is 0.490 e. The molecule has 2 aromatic carbocycles. The first-order chi connectivity index (χ1) is 18.8. The first-order valence-corrected chi connectivity index (χ1v) is 14.7. The molecule has 0 bridgehead atoms. The van der Waals surface area contributed by atoms with Gasteiger partial charge in [-0.15, -0.1) is 0 Å². The summed E-state index contributed by atoms with van der Waals surface area (Å²) in [5, 5.41) is 4.92. The number of aldehydes is 1. The molecule has 2 saturated carbocycles. The Labute approximate surface area is 232 Å². The summed E-state index contributed by atoms with van der Waals surface area (Å²) in [5.74, 6) is 1.89. The number of carbonyl (C=O) groups is 2. The minimum atomic E-state index is -0.710. The van der Waals surface area contributed by atoms with Crippen molar-refractivity contribution in [3.05, 3.63) is 71.5 Å². The Morgan fingerprint density at radius 2 is 1.72 bits per heavy atom. The predicted molar refractivity (Wildman–Crippen MR) is 156 cm³/mol. The molecule has 1 heterocycles. The highest BCUT2D eigenvalue weighted by atomic mass is 16.5. The fourth-order valence-corrected chi connectivity index (χ4v) is 6.44. The average molecular weight is 527 g/mol. The summed E-state index contributed by atoms with van der Waals surface area (Å²) in [7, 11) is 0. The van der Waals surface area contributed by atoms with Crippen LogP contribution in [0.15, 0.2) is 54.6 Å². The molecule has 0 radical (unpaired) electrons. The summed E-state index contributed by atoms with van der Waals surface area (Å²) in [4.78, 5) is 30.0. The zero-order chi connectivity index (χ0) is 27.4. The number of aromatic nitrogens is 1. The maximum atomic E-state index is 13.3. The third-order valence-corrected chi connectivity index (χ3v) is 8.86. The Bertz CT molecular complexity index is 1280. The van der Waals surface area contributed by atoms with Crippen LogP contribution in [-0.4, -0.2) is 23.3 Å². The molecule has 0 spiro atoms. The molecule has 2 fully saturated rings. The predicted octanol–water partition coefficient (Wildman–Crippen LogP) is 7.62. The highest BCUT2D eigenvalue weighted by Gasteiger charge is 2.30. The minimum absolute atomic E-state index is 0.246. The van der Waals surface area contributed by atoms with Gasteiger partial charge in [0.15, 0.2) is 0 Å².